The SMILES string of the molecule is CNC(Cc1cn(C)nn1)C1CCCC1C. The molecule has 0 saturated heterocycles. The first kappa shape index (κ1) is 11.6. The summed E-state index contributed by atoms with van der Waals surface area (Å²) in [4.78, 5) is 0. The van der Waals surface area contributed by atoms with E-state index in [1.165, 1.54) is 19.3 Å². The lowest BCUT2D eigenvalue weighted by molar-refractivity contribution is 0.306. The van der Waals surface area contributed by atoms with E-state index in [9.17, 15) is 0 Å². The van der Waals surface area contributed by atoms with Crippen LogP contribution in [0.4, 0.5) is 0 Å². The molecule has 2 rings (SSSR count). The Kier molecular flexibility index (Phi) is 3.59. The van der Waals surface area contributed by atoms with Crippen LogP contribution >= 0.6 is 0 Å². The molecule has 0 aliphatic heterocycles. The van der Waals surface area contributed by atoms with Gasteiger partial charge in [0.05, 0.1) is 5.69 Å². The van der Waals surface area contributed by atoms with Crippen molar-refractivity contribution in [2.75, 3.05) is 7.05 Å². The third kappa shape index (κ3) is 2.43. The minimum atomic E-state index is 0.550. The lowest BCUT2D eigenvalue weighted by Gasteiger charge is -2.25. The van der Waals surface area contributed by atoms with Crippen LogP contribution in [0.15, 0.2) is 6.20 Å². The zero-order valence-corrected chi connectivity index (χ0v) is 10.5. The van der Waals surface area contributed by atoms with E-state index < -0.39 is 0 Å². The maximum Gasteiger partial charge on any atom is 0.0842 e. The molecule has 0 aromatic carbocycles. The largest absolute Gasteiger partial charge is 0.316 e. The predicted molar refractivity (Wildman–Crippen MR) is 64.1 cm³/mol. The summed E-state index contributed by atoms with van der Waals surface area (Å²) >= 11 is 0. The monoisotopic (exact) mass is 222 g/mol. The maximum atomic E-state index is 4.17. The van der Waals surface area contributed by atoms with E-state index >= 15 is 0 Å². The molecule has 0 amide bonds. The van der Waals surface area contributed by atoms with Crippen molar-refractivity contribution in [3.8, 4) is 0 Å². The summed E-state index contributed by atoms with van der Waals surface area (Å²) in [7, 11) is 3.98. The van der Waals surface area contributed by atoms with Gasteiger partial charge in [0.1, 0.15) is 0 Å². The summed E-state index contributed by atoms with van der Waals surface area (Å²) in [6, 6.07) is 0.550. The van der Waals surface area contributed by atoms with Gasteiger partial charge in [-0.05, 0) is 25.3 Å². The van der Waals surface area contributed by atoms with E-state index in [0.29, 0.717) is 6.04 Å². The fourth-order valence-corrected chi connectivity index (χ4v) is 2.95. The second-order valence-corrected chi connectivity index (χ2v) is 5.05. The van der Waals surface area contributed by atoms with E-state index in [1.807, 2.05) is 13.2 Å². The Morgan fingerprint density at radius 2 is 2.38 bits per heavy atom. The number of nitrogens with one attached hydrogen (secondary N) is 1. The number of likely N-dealkylation sites (N-methyl/N-ethyl adjacent to an activating group) is 1. The fourth-order valence-electron chi connectivity index (χ4n) is 2.95. The Morgan fingerprint density at radius 3 is 2.88 bits per heavy atom. The molecule has 1 aromatic rings. The van der Waals surface area contributed by atoms with Gasteiger partial charge in [0, 0.05) is 25.7 Å². The Bertz CT molecular complexity index is 334. The van der Waals surface area contributed by atoms with E-state index in [-0.39, 0.29) is 0 Å². The van der Waals surface area contributed by atoms with Crippen molar-refractivity contribution in [1.82, 2.24) is 20.3 Å². The molecule has 1 aliphatic rings. The molecule has 90 valence electrons. The molecule has 16 heavy (non-hydrogen) atoms. The van der Waals surface area contributed by atoms with Gasteiger partial charge in [-0.15, -0.1) is 5.10 Å². The molecule has 0 spiro atoms. The van der Waals surface area contributed by atoms with Crippen LogP contribution in [0.25, 0.3) is 0 Å². The van der Waals surface area contributed by atoms with Gasteiger partial charge in [-0.2, -0.15) is 0 Å². The number of hydrogen-bond acceptors (Lipinski definition) is 3. The van der Waals surface area contributed by atoms with Gasteiger partial charge in [-0.1, -0.05) is 25.0 Å². The lowest BCUT2D eigenvalue weighted by atomic mass is 9.88. The molecule has 1 aromatic heterocycles. The standard InChI is InChI=1S/C12H22N4/c1-9-5-4-6-11(9)12(13-2)7-10-8-16(3)15-14-10/h8-9,11-13H,4-7H2,1-3H3. The van der Waals surface area contributed by atoms with Crippen molar-refractivity contribution in [3.05, 3.63) is 11.9 Å². The molecule has 1 fully saturated rings. The second kappa shape index (κ2) is 4.95. The number of aryl methyl sites for hydroxylation is 1. The van der Waals surface area contributed by atoms with Crippen molar-refractivity contribution in [2.45, 2.75) is 38.6 Å². The first-order chi connectivity index (χ1) is 7.70. The van der Waals surface area contributed by atoms with Crippen molar-refractivity contribution in [1.29, 1.82) is 0 Å². The van der Waals surface area contributed by atoms with Crippen LogP contribution in [0, 0.1) is 11.8 Å². The number of hydrogen-bond donors (Lipinski definition) is 1. The Balaban J connectivity index is 2.00. The summed E-state index contributed by atoms with van der Waals surface area (Å²) < 4.78 is 1.78. The number of aromatic nitrogens is 3. The Hall–Kier alpha value is -0.900. The van der Waals surface area contributed by atoms with Crippen LogP contribution in [0.2, 0.25) is 0 Å². The molecule has 1 aliphatic carbocycles. The third-order valence-corrected chi connectivity index (χ3v) is 3.89. The van der Waals surface area contributed by atoms with E-state index in [0.717, 1.165) is 24.0 Å². The van der Waals surface area contributed by atoms with Crippen molar-refractivity contribution < 1.29 is 0 Å². The molecule has 3 atom stereocenters. The molecule has 3 unspecified atom stereocenters. The van der Waals surface area contributed by atoms with E-state index in [1.54, 1.807) is 4.68 Å². The molecule has 1 heterocycles. The first-order valence-electron chi connectivity index (χ1n) is 6.23. The van der Waals surface area contributed by atoms with Gasteiger partial charge in [0.15, 0.2) is 0 Å². The van der Waals surface area contributed by atoms with Crippen LogP contribution in [-0.2, 0) is 13.5 Å². The Morgan fingerprint density at radius 1 is 1.56 bits per heavy atom. The second-order valence-electron chi connectivity index (χ2n) is 5.05. The maximum absolute atomic E-state index is 4.17. The molecule has 0 radical (unpaired) electrons. The Labute approximate surface area is 97.4 Å². The molecule has 1 saturated carbocycles. The summed E-state index contributed by atoms with van der Waals surface area (Å²) in [5.74, 6) is 1.64. The predicted octanol–water partition coefficient (Wildman–Crippen LogP) is 1.38. The van der Waals surface area contributed by atoms with Gasteiger partial charge in [0.25, 0.3) is 0 Å². The molecule has 1 N–H and O–H groups in total. The number of nitrogens with zero attached hydrogens (tertiary/aromatic N) is 3. The highest BCUT2D eigenvalue weighted by Crippen LogP contribution is 2.34. The molecule has 0 bridgehead atoms. The minimum Gasteiger partial charge on any atom is -0.316 e. The van der Waals surface area contributed by atoms with Crippen LogP contribution in [-0.4, -0.2) is 28.1 Å². The van der Waals surface area contributed by atoms with Gasteiger partial charge in [-0.3, -0.25) is 4.68 Å². The van der Waals surface area contributed by atoms with Crippen molar-refractivity contribution >= 4 is 0 Å². The summed E-state index contributed by atoms with van der Waals surface area (Å²) in [6.45, 7) is 2.37. The summed E-state index contributed by atoms with van der Waals surface area (Å²) in [5, 5.41) is 11.6. The normalized spacial score (nSPS) is 27.2. The highest BCUT2D eigenvalue weighted by atomic mass is 15.4. The van der Waals surface area contributed by atoms with Gasteiger partial charge >= 0.3 is 0 Å². The highest BCUT2D eigenvalue weighted by Gasteiger charge is 2.30. The first-order valence-corrected chi connectivity index (χ1v) is 6.23. The highest BCUT2D eigenvalue weighted by molar-refractivity contribution is 4.98. The van der Waals surface area contributed by atoms with Crippen LogP contribution in [0.5, 0.6) is 0 Å². The third-order valence-electron chi connectivity index (χ3n) is 3.89. The zero-order chi connectivity index (χ0) is 11.5. The molecular formula is C12H22N4. The van der Waals surface area contributed by atoms with Gasteiger partial charge < -0.3 is 5.32 Å². The van der Waals surface area contributed by atoms with Crippen LogP contribution in [0.1, 0.15) is 31.9 Å². The van der Waals surface area contributed by atoms with E-state index in [4.69, 9.17) is 0 Å². The topological polar surface area (TPSA) is 42.7 Å². The lowest BCUT2D eigenvalue weighted by Crippen LogP contribution is -2.37. The summed E-state index contributed by atoms with van der Waals surface area (Å²) in [5.41, 5.74) is 1.10. The quantitative estimate of drug-likeness (QED) is 0.837. The van der Waals surface area contributed by atoms with Crippen LogP contribution < -0.4 is 5.32 Å². The van der Waals surface area contributed by atoms with Crippen molar-refractivity contribution in [3.63, 3.8) is 0 Å². The number of rotatable bonds is 4. The fraction of sp³-hybridized carbons (Fsp3) is 0.833. The zero-order valence-electron chi connectivity index (χ0n) is 10.5. The minimum absolute atomic E-state index is 0.550. The molecule has 4 heteroatoms. The van der Waals surface area contributed by atoms with Gasteiger partial charge in [-0.25, -0.2) is 0 Å². The molecule has 4 nitrogen and oxygen atoms in total. The average molecular weight is 222 g/mol. The van der Waals surface area contributed by atoms with Crippen molar-refractivity contribution in [2.24, 2.45) is 18.9 Å². The van der Waals surface area contributed by atoms with Gasteiger partial charge in [0.2, 0.25) is 0 Å². The summed E-state index contributed by atoms with van der Waals surface area (Å²) in [6.07, 6.45) is 7.13. The van der Waals surface area contributed by atoms with E-state index in [2.05, 4.69) is 29.6 Å². The smallest absolute Gasteiger partial charge is 0.0842 e. The average Bonchev–Trinajstić information content (AvgIpc) is 2.84. The van der Waals surface area contributed by atoms with Crippen LogP contribution in [0.3, 0.4) is 0 Å². The molecular weight excluding hydrogens is 200 g/mol.